The Morgan fingerprint density at radius 2 is 2.00 bits per heavy atom. The molecule has 1 aliphatic rings. The van der Waals surface area contributed by atoms with Crippen LogP contribution in [-0.2, 0) is 16.6 Å². The summed E-state index contributed by atoms with van der Waals surface area (Å²) in [5, 5.41) is 7.16. The molecule has 1 fully saturated rings. The number of nitrogens with zero attached hydrogens (tertiary/aromatic N) is 3. The van der Waals surface area contributed by atoms with Crippen LogP contribution in [0.1, 0.15) is 35.7 Å². The Kier molecular flexibility index (Phi) is 6.64. The monoisotopic (exact) mass is 472 g/mol. The topological polar surface area (TPSA) is 84.3 Å². The molecule has 1 amide bonds. The van der Waals surface area contributed by atoms with Crippen LogP contribution in [0.25, 0.3) is 0 Å². The lowest BCUT2D eigenvalue weighted by Gasteiger charge is -2.30. The highest BCUT2D eigenvalue weighted by molar-refractivity contribution is 7.89. The van der Waals surface area contributed by atoms with Crippen molar-refractivity contribution in [2.45, 2.75) is 31.2 Å². The van der Waals surface area contributed by atoms with Crippen LogP contribution >= 0.6 is 11.6 Å². The Balaban J connectivity index is 1.50. The van der Waals surface area contributed by atoms with Gasteiger partial charge in [0.1, 0.15) is 4.90 Å². The van der Waals surface area contributed by atoms with E-state index < -0.39 is 15.9 Å². The van der Waals surface area contributed by atoms with Crippen LogP contribution in [0.2, 0.25) is 5.02 Å². The van der Waals surface area contributed by atoms with Gasteiger partial charge in [0.05, 0.1) is 23.5 Å². The number of anilines is 1. The number of benzene rings is 2. The molecule has 1 atom stereocenters. The molecule has 1 unspecified atom stereocenters. The largest absolute Gasteiger partial charge is 0.319 e. The Bertz CT molecular complexity index is 1210. The predicted octanol–water partition coefficient (Wildman–Crippen LogP) is 4.26. The second-order valence-corrected chi connectivity index (χ2v) is 10.4. The Hall–Kier alpha value is -2.68. The summed E-state index contributed by atoms with van der Waals surface area (Å²) in [5.41, 5.74) is 1.83. The van der Waals surface area contributed by atoms with E-state index in [0.717, 1.165) is 18.4 Å². The molecule has 168 valence electrons. The maximum absolute atomic E-state index is 13.2. The average molecular weight is 473 g/mol. The maximum Gasteiger partial charge on any atom is 0.255 e. The number of halogens is 1. The normalized spacial score (nSPS) is 17.2. The molecule has 3 aromatic rings. The van der Waals surface area contributed by atoms with E-state index in [1.54, 1.807) is 17.1 Å². The maximum atomic E-state index is 13.2. The van der Waals surface area contributed by atoms with Crippen molar-refractivity contribution < 1.29 is 13.2 Å². The molecule has 2 heterocycles. The third kappa shape index (κ3) is 5.03. The lowest BCUT2D eigenvalue weighted by molar-refractivity contribution is 0.102. The van der Waals surface area contributed by atoms with Gasteiger partial charge >= 0.3 is 0 Å². The highest BCUT2D eigenvalue weighted by Crippen LogP contribution is 2.29. The van der Waals surface area contributed by atoms with Crippen LogP contribution in [0.15, 0.2) is 65.8 Å². The van der Waals surface area contributed by atoms with Gasteiger partial charge < -0.3 is 5.32 Å². The fourth-order valence-electron chi connectivity index (χ4n) is 3.83. The molecule has 4 rings (SSSR count). The Labute approximate surface area is 193 Å². The molecule has 1 aromatic heterocycles. The van der Waals surface area contributed by atoms with Gasteiger partial charge in [0.2, 0.25) is 10.0 Å². The number of amides is 1. The first-order valence-electron chi connectivity index (χ1n) is 10.5. The summed E-state index contributed by atoms with van der Waals surface area (Å²) in [4.78, 5) is 12.8. The summed E-state index contributed by atoms with van der Waals surface area (Å²) in [7, 11) is -3.78. The van der Waals surface area contributed by atoms with Crippen LogP contribution < -0.4 is 5.32 Å². The van der Waals surface area contributed by atoms with E-state index in [1.807, 2.05) is 37.3 Å². The van der Waals surface area contributed by atoms with Gasteiger partial charge in [-0.05, 0) is 42.5 Å². The number of hydrogen-bond donors (Lipinski definition) is 1. The summed E-state index contributed by atoms with van der Waals surface area (Å²) >= 11 is 6.23. The van der Waals surface area contributed by atoms with Crippen LogP contribution in [0.4, 0.5) is 5.69 Å². The second kappa shape index (κ2) is 9.44. The molecule has 0 aliphatic carbocycles. The van der Waals surface area contributed by atoms with Crippen LogP contribution in [0.3, 0.4) is 0 Å². The van der Waals surface area contributed by atoms with Gasteiger partial charge in [0, 0.05) is 24.8 Å². The number of nitrogens with one attached hydrogen (secondary N) is 1. The molecule has 0 saturated carbocycles. The van der Waals surface area contributed by atoms with E-state index >= 15 is 0 Å². The zero-order valence-electron chi connectivity index (χ0n) is 17.7. The summed E-state index contributed by atoms with van der Waals surface area (Å²) in [6.07, 6.45) is 5.10. The van der Waals surface area contributed by atoms with Crippen molar-refractivity contribution in [3.8, 4) is 0 Å². The number of carbonyl (C=O) groups is 1. The molecule has 1 saturated heterocycles. The van der Waals surface area contributed by atoms with Crippen LogP contribution in [0.5, 0.6) is 0 Å². The van der Waals surface area contributed by atoms with Gasteiger partial charge in [-0.2, -0.15) is 9.40 Å². The van der Waals surface area contributed by atoms with Gasteiger partial charge in [-0.1, -0.05) is 48.9 Å². The first-order chi connectivity index (χ1) is 15.3. The van der Waals surface area contributed by atoms with Crippen molar-refractivity contribution in [1.29, 1.82) is 0 Å². The highest BCUT2D eigenvalue weighted by atomic mass is 35.5. The third-order valence-electron chi connectivity index (χ3n) is 5.51. The predicted molar refractivity (Wildman–Crippen MR) is 124 cm³/mol. The SMILES string of the molecule is CC1CCCN(S(=O)(=O)c2cc(C(=O)Nc3cnn(Cc4ccccc4)c3)ccc2Cl)C1. The van der Waals surface area contributed by atoms with Gasteiger partial charge in [0.15, 0.2) is 0 Å². The fraction of sp³-hybridized carbons (Fsp3) is 0.304. The van der Waals surface area contributed by atoms with E-state index in [0.29, 0.717) is 25.3 Å². The lowest BCUT2D eigenvalue weighted by Crippen LogP contribution is -2.39. The summed E-state index contributed by atoms with van der Waals surface area (Å²) in [6.45, 7) is 3.52. The van der Waals surface area contributed by atoms with Crippen molar-refractivity contribution in [2.75, 3.05) is 18.4 Å². The van der Waals surface area contributed by atoms with Crippen molar-refractivity contribution in [1.82, 2.24) is 14.1 Å². The molecular weight excluding hydrogens is 448 g/mol. The number of piperidine rings is 1. The Morgan fingerprint density at radius 3 is 2.75 bits per heavy atom. The quantitative estimate of drug-likeness (QED) is 0.581. The zero-order chi connectivity index (χ0) is 22.7. The van der Waals surface area contributed by atoms with Crippen molar-refractivity contribution in [3.63, 3.8) is 0 Å². The first-order valence-corrected chi connectivity index (χ1v) is 12.3. The molecule has 0 spiro atoms. The van der Waals surface area contributed by atoms with E-state index in [4.69, 9.17) is 11.6 Å². The van der Waals surface area contributed by atoms with Gasteiger partial charge in [-0.3, -0.25) is 9.48 Å². The molecule has 0 radical (unpaired) electrons. The van der Waals surface area contributed by atoms with Gasteiger partial charge in [-0.15, -0.1) is 0 Å². The summed E-state index contributed by atoms with van der Waals surface area (Å²) < 4.78 is 29.5. The molecule has 2 aromatic carbocycles. The van der Waals surface area contributed by atoms with Crippen LogP contribution in [-0.4, -0.2) is 41.5 Å². The summed E-state index contributed by atoms with van der Waals surface area (Å²) in [5.74, 6) is -0.138. The smallest absolute Gasteiger partial charge is 0.255 e. The third-order valence-corrected chi connectivity index (χ3v) is 7.86. The number of carbonyl (C=O) groups excluding carboxylic acids is 1. The number of aromatic nitrogens is 2. The molecule has 1 aliphatic heterocycles. The molecule has 9 heteroatoms. The van der Waals surface area contributed by atoms with Crippen LogP contribution in [0, 0.1) is 5.92 Å². The lowest BCUT2D eigenvalue weighted by atomic mass is 10.0. The molecule has 32 heavy (non-hydrogen) atoms. The van der Waals surface area contributed by atoms with E-state index in [-0.39, 0.29) is 21.4 Å². The molecular formula is C23H25ClN4O3S. The van der Waals surface area contributed by atoms with E-state index in [2.05, 4.69) is 10.4 Å². The molecule has 7 nitrogen and oxygen atoms in total. The Morgan fingerprint density at radius 1 is 1.22 bits per heavy atom. The standard InChI is InChI=1S/C23H25ClN4O3S/c1-17-6-5-11-28(14-17)32(30,31)22-12-19(9-10-21(22)24)23(29)26-20-13-25-27(16-20)15-18-7-3-2-4-8-18/h2-4,7-10,12-13,16-17H,5-6,11,14-15H2,1H3,(H,26,29). The number of hydrogen-bond acceptors (Lipinski definition) is 4. The van der Waals surface area contributed by atoms with Crippen molar-refractivity contribution >= 4 is 33.2 Å². The molecule has 0 bridgehead atoms. The minimum atomic E-state index is -3.78. The first kappa shape index (κ1) is 22.5. The van der Waals surface area contributed by atoms with Gasteiger partial charge in [0.25, 0.3) is 5.91 Å². The van der Waals surface area contributed by atoms with Gasteiger partial charge in [-0.25, -0.2) is 8.42 Å². The second-order valence-electron chi connectivity index (χ2n) is 8.12. The average Bonchev–Trinajstić information content (AvgIpc) is 3.21. The minimum Gasteiger partial charge on any atom is -0.319 e. The zero-order valence-corrected chi connectivity index (χ0v) is 19.3. The van der Waals surface area contributed by atoms with E-state index in [1.165, 1.54) is 22.5 Å². The fourth-order valence-corrected chi connectivity index (χ4v) is 5.93. The molecule has 1 N–H and O–H groups in total. The summed E-state index contributed by atoms with van der Waals surface area (Å²) in [6, 6.07) is 14.2. The van der Waals surface area contributed by atoms with Crippen molar-refractivity contribution in [3.05, 3.63) is 77.1 Å². The van der Waals surface area contributed by atoms with E-state index in [9.17, 15) is 13.2 Å². The van der Waals surface area contributed by atoms with Crippen molar-refractivity contribution in [2.24, 2.45) is 5.92 Å². The highest BCUT2D eigenvalue weighted by Gasteiger charge is 2.31. The minimum absolute atomic E-state index is 0.0410. The number of rotatable bonds is 6. The number of sulfonamides is 1.